The number of carbonyl (C=O) groups excluding carboxylic acids is 1. The first-order valence-corrected chi connectivity index (χ1v) is 5.33. The van der Waals surface area contributed by atoms with E-state index in [1.807, 2.05) is 11.8 Å². The molecule has 0 atom stereocenters. The third kappa shape index (κ3) is 3.92. The van der Waals surface area contributed by atoms with Crippen molar-refractivity contribution >= 4 is 5.91 Å². The average Bonchev–Trinajstić information content (AvgIpc) is 2.18. The lowest BCUT2D eigenvalue weighted by Gasteiger charge is -2.26. The zero-order chi connectivity index (χ0) is 10.4. The van der Waals surface area contributed by atoms with Gasteiger partial charge in [0, 0.05) is 19.6 Å². The monoisotopic (exact) mass is 196 g/mol. The molecule has 1 aliphatic heterocycles. The van der Waals surface area contributed by atoms with Crippen LogP contribution in [0.5, 0.6) is 0 Å². The predicted octanol–water partition coefficient (Wildman–Crippen LogP) is 1.16. The van der Waals surface area contributed by atoms with Gasteiger partial charge in [-0.15, -0.1) is 0 Å². The molecule has 0 saturated carbocycles. The van der Waals surface area contributed by atoms with Crippen LogP contribution in [-0.2, 0) is 4.79 Å². The number of nitrogens with zero attached hydrogens (tertiary/aromatic N) is 1. The van der Waals surface area contributed by atoms with Gasteiger partial charge in [-0.3, -0.25) is 4.79 Å². The van der Waals surface area contributed by atoms with E-state index in [4.69, 9.17) is 0 Å². The van der Waals surface area contributed by atoms with E-state index >= 15 is 0 Å². The van der Waals surface area contributed by atoms with Crippen LogP contribution in [0.3, 0.4) is 0 Å². The Hall–Kier alpha value is -0.830. The molecule has 0 spiro atoms. The number of piperidine rings is 1. The molecule has 0 bridgehead atoms. The van der Waals surface area contributed by atoms with Gasteiger partial charge in [-0.1, -0.05) is 12.2 Å². The van der Waals surface area contributed by atoms with Crippen LogP contribution < -0.4 is 5.32 Å². The van der Waals surface area contributed by atoms with Crippen LogP contribution in [0.4, 0.5) is 0 Å². The summed E-state index contributed by atoms with van der Waals surface area (Å²) in [6, 6.07) is 0. The van der Waals surface area contributed by atoms with Crippen molar-refractivity contribution in [3.63, 3.8) is 0 Å². The van der Waals surface area contributed by atoms with Crippen molar-refractivity contribution in [1.29, 1.82) is 0 Å². The minimum Gasteiger partial charge on any atom is -0.342 e. The largest absolute Gasteiger partial charge is 0.342 e. The third-order valence-corrected chi connectivity index (χ3v) is 2.41. The Labute approximate surface area is 86.2 Å². The molecule has 1 saturated heterocycles. The summed E-state index contributed by atoms with van der Waals surface area (Å²) in [6.45, 7) is 8.80. The van der Waals surface area contributed by atoms with Crippen molar-refractivity contribution in [2.24, 2.45) is 0 Å². The Balaban J connectivity index is 2.16. The zero-order valence-corrected chi connectivity index (χ0v) is 9.01. The molecule has 0 aromatic rings. The number of nitrogens with one attached hydrogen (secondary N) is 1. The molecule has 1 amide bonds. The number of likely N-dealkylation sites (tertiary alicyclic amines) is 1. The van der Waals surface area contributed by atoms with E-state index in [0.29, 0.717) is 6.54 Å². The Morgan fingerprint density at radius 2 is 1.93 bits per heavy atom. The van der Waals surface area contributed by atoms with E-state index in [2.05, 4.69) is 11.9 Å². The highest BCUT2D eigenvalue weighted by molar-refractivity contribution is 5.78. The lowest BCUT2D eigenvalue weighted by molar-refractivity contribution is -0.131. The molecule has 0 aliphatic carbocycles. The molecule has 1 aliphatic rings. The lowest BCUT2D eigenvalue weighted by atomic mass is 10.1. The Kier molecular flexibility index (Phi) is 4.66. The van der Waals surface area contributed by atoms with E-state index in [-0.39, 0.29) is 5.91 Å². The topological polar surface area (TPSA) is 32.3 Å². The van der Waals surface area contributed by atoms with Crippen molar-refractivity contribution in [3.05, 3.63) is 12.2 Å². The normalized spacial score (nSPS) is 16.8. The molecular formula is C11H20N2O. The number of carbonyl (C=O) groups is 1. The zero-order valence-electron chi connectivity index (χ0n) is 9.01. The first-order valence-electron chi connectivity index (χ1n) is 5.33. The molecule has 3 nitrogen and oxygen atoms in total. The maximum absolute atomic E-state index is 11.6. The molecule has 3 heteroatoms. The summed E-state index contributed by atoms with van der Waals surface area (Å²) in [5.41, 5.74) is 1.07. The lowest BCUT2D eigenvalue weighted by Crippen LogP contribution is -2.41. The Bertz CT molecular complexity index is 207. The van der Waals surface area contributed by atoms with Gasteiger partial charge in [-0.25, -0.2) is 0 Å². The van der Waals surface area contributed by atoms with Crippen molar-refractivity contribution < 1.29 is 4.79 Å². The van der Waals surface area contributed by atoms with Crippen LogP contribution in [0.1, 0.15) is 26.2 Å². The highest BCUT2D eigenvalue weighted by Gasteiger charge is 2.15. The van der Waals surface area contributed by atoms with Crippen LogP contribution in [0.25, 0.3) is 0 Å². The van der Waals surface area contributed by atoms with E-state index < -0.39 is 0 Å². The van der Waals surface area contributed by atoms with E-state index in [1.54, 1.807) is 0 Å². The summed E-state index contributed by atoms with van der Waals surface area (Å²) < 4.78 is 0. The molecule has 1 fully saturated rings. The van der Waals surface area contributed by atoms with E-state index in [9.17, 15) is 4.79 Å². The number of hydrogen-bond donors (Lipinski definition) is 1. The maximum Gasteiger partial charge on any atom is 0.236 e. The van der Waals surface area contributed by atoms with Crippen molar-refractivity contribution in [3.8, 4) is 0 Å². The van der Waals surface area contributed by atoms with Gasteiger partial charge in [0.2, 0.25) is 5.91 Å². The molecule has 1 N–H and O–H groups in total. The van der Waals surface area contributed by atoms with Crippen LogP contribution in [0, 0.1) is 0 Å². The van der Waals surface area contributed by atoms with E-state index in [1.165, 1.54) is 6.42 Å². The van der Waals surface area contributed by atoms with Crippen LogP contribution in [-0.4, -0.2) is 37.0 Å². The molecule has 0 radical (unpaired) electrons. The van der Waals surface area contributed by atoms with Crippen molar-refractivity contribution in [1.82, 2.24) is 10.2 Å². The van der Waals surface area contributed by atoms with Crippen LogP contribution >= 0.6 is 0 Å². The van der Waals surface area contributed by atoms with Gasteiger partial charge in [0.1, 0.15) is 0 Å². The van der Waals surface area contributed by atoms with Gasteiger partial charge in [0.05, 0.1) is 6.54 Å². The summed E-state index contributed by atoms with van der Waals surface area (Å²) in [4.78, 5) is 13.6. The summed E-state index contributed by atoms with van der Waals surface area (Å²) in [7, 11) is 0. The van der Waals surface area contributed by atoms with Gasteiger partial charge >= 0.3 is 0 Å². The number of rotatable bonds is 4. The highest BCUT2D eigenvalue weighted by atomic mass is 16.2. The fourth-order valence-corrected chi connectivity index (χ4v) is 1.64. The summed E-state index contributed by atoms with van der Waals surface area (Å²) in [6.07, 6.45) is 3.58. The number of hydrogen-bond acceptors (Lipinski definition) is 2. The second-order valence-corrected chi connectivity index (χ2v) is 4.00. The van der Waals surface area contributed by atoms with Gasteiger partial charge in [0.25, 0.3) is 0 Å². The quantitative estimate of drug-likeness (QED) is 0.684. The molecular weight excluding hydrogens is 176 g/mol. The molecule has 80 valence electrons. The van der Waals surface area contributed by atoms with Crippen molar-refractivity contribution in [2.75, 3.05) is 26.2 Å². The third-order valence-electron chi connectivity index (χ3n) is 2.41. The maximum atomic E-state index is 11.6. The number of amides is 1. The second-order valence-electron chi connectivity index (χ2n) is 4.00. The van der Waals surface area contributed by atoms with Gasteiger partial charge in [0.15, 0.2) is 0 Å². The fraction of sp³-hybridized carbons (Fsp3) is 0.727. The van der Waals surface area contributed by atoms with Crippen molar-refractivity contribution in [2.45, 2.75) is 26.2 Å². The summed E-state index contributed by atoms with van der Waals surface area (Å²) in [5.74, 6) is 0.228. The first-order chi connectivity index (χ1) is 6.70. The predicted molar refractivity (Wildman–Crippen MR) is 58.1 cm³/mol. The Morgan fingerprint density at radius 3 is 2.50 bits per heavy atom. The minimum atomic E-state index is 0.228. The summed E-state index contributed by atoms with van der Waals surface area (Å²) >= 11 is 0. The highest BCUT2D eigenvalue weighted by Crippen LogP contribution is 2.08. The average molecular weight is 196 g/mol. The molecule has 1 rings (SSSR count). The van der Waals surface area contributed by atoms with Gasteiger partial charge in [-0.2, -0.15) is 0 Å². The molecule has 0 aromatic heterocycles. The fourth-order valence-electron chi connectivity index (χ4n) is 1.64. The molecule has 0 aromatic carbocycles. The van der Waals surface area contributed by atoms with Gasteiger partial charge in [-0.05, 0) is 26.2 Å². The van der Waals surface area contributed by atoms with E-state index in [0.717, 1.165) is 38.0 Å². The summed E-state index contributed by atoms with van der Waals surface area (Å²) in [5, 5.41) is 3.09. The smallest absolute Gasteiger partial charge is 0.236 e. The second kappa shape index (κ2) is 5.81. The van der Waals surface area contributed by atoms with Gasteiger partial charge < -0.3 is 10.2 Å². The molecule has 1 heterocycles. The standard InChI is InChI=1S/C11H20N2O/c1-10(2)8-12-9-11(14)13-6-4-3-5-7-13/h12H,1,3-9H2,2H3. The molecule has 0 unspecified atom stereocenters. The SMILES string of the molecule is C=C(C)CNCC(=O)N1CCCCC1. The first kappa shape index (κ1) is 11.2. The molecule has 14 heavy (non-hydrogen) atoms. The Morgan fingerprint density at radius 1 is 1.29 bits per heavy atom. The van der Waals surface area contributed by atoms with Crippen LogP contribution in [0.2, 0.25) is 0 Å². The minimum absolute atomic E-state index is 0.228. The van der Waals surface area contributed by atoms with Crippen LogP contribution in [0.15, 0.2) is 12.2 Å².